The molecule has 0 unspecified atom stereocenters. The number of nitrogens with one attached hydrogen (secondary N) is 2. The molecular formula is C32H73ClN4O4. The van der Waals surface area contributed by atoms with Gasteiger partial charge in [0.05, 0.1) is 0 Å². The Kier molecular flexibility index (Phi) is 24.9. The average Bonchev–Trinajstić information content (AvgIpc) is 2.62. The van der Waals surface area contributed by atoms with Crippen LogP contribution in [0.3, 0.4) is 0 Å². The Bertz CT molecular complexity index is 673. The summed E-state index contributed by atoms with van der Waals surface area (Å²) in [6.45, 7) is 39.8. The summed E-state index contributed by atoms with van der Waals surface area (Å²) in [7, 11) is 3.74. The van der Waals surface area contributed by atoms with Gasteiger partial charge in [-0.2, -0.15) is 0 Å². The first-order chi connectivity index (χ1) is 17.2. The zero-order valence-electron chi connectivity index (χ0n) is 30.9. The molecule has 0 aromatic rings. The molecule has 0 spiro atoms. The van der Waals surface area contributed by atoms with Crippen molar-refractivity contribution in [2.24, 2.45) is 27.4 Å². The first-order valence-electron chi connectivity index (χ1n) is 14.5. The highest BCUT2D eigenvalue weighted by Gasteiger charge is 2.23. The molecule has 0 saturated heterocycles. The number of alkyl carbamates (subject to hydrolysis) is 1. The van der Waals surface area contributed by atoms with Crippen LogP contribution in [0.2, 0.25) is 0 Å². The molecule has 0 aromatic heterocycles. The van der Waals surface area contributed by atoms with E-state index in [9.17, 15) is 9.59 Å². The standard InChI is InChI=1S/C11H23NO2.C10H21NO2.C6H15N.C5H13N.ClH/c1-10(2,3)8-12(7)9(13)14-11(4,5)6;1-9(2,3)7-11-8(12)13-10(4,5)6;1-6(2,3)5-7-4;1-5(2,3)4-6;/h8H2,1-7H3;7H2,1-6H3,(H,11,12);7H,5H2,1-4H3;4,6H2,1-3H3;1H. The Labute approximate surface area is 262 Å². The Morgan fingerprint density at radius 3 is 1.17 bits per heavy atom. The Morgan fingerprint density at radius 1 is 0.634 bits per heavy atom. The number of carbonyl (C=O) groups excluding carboxylic acids is 2. The average molecular weight is 613 g/mol. The molecule has 4 N–H and O–H groups in total. The number of ether oxygens (including phenoxy) is 2. The first kappa shape index (κ1) is 49.4. The van der Waals surface area contributed by atoms with Crippen LogP contribution in [0.5, 0.6) is 0 Å². The lowest BCUT2D eigenvalue weighted by Gasteiger charge is -2.29. The van der Waals surface area contributed by atoms with Gasteiger partial charge in [0, 0.05) is 20.1 Å². The second kappa shape index (κ2) is 20.6. The Morgan fingerprint density at radius 2 is 0.976 bits per heavy atom. The fourth-order valence-corrected chi connectivity index (χ4v) is 2.30. The van der Waals surface area contributed by atoms with E-state index in [1.165, 1.54) is 0 Å². The van der Waals surface area contributed by atoms with E-state index in [1.54, 1.807) is 11.9 Å². The van der Waals surface area contributed by atoms with Gasteiger partial charge in [0.2, 0.25) is 0 Å². The van der Waals surface area contributed by atoms with Crippen LogP contribution in [-0.2, 0) is 9.47 Å². The molecule has 0 aliphatic heterocycles. The maximum absolute atomic E-state index is 11.5. The summed E-state index contributed by atoms with van der Waals surface area (Å²) in [6.07, 6.45) is -0.602. The van der Waals surface area contributed by atoms with Crippen LogP contribution in [-0.4, -0.2) is 68.6 Å². The quantitative estimate of drug-likeness (QED) is 0.297. The van der Waals surface area contributed by atoms with Gasteiger partial charge in [0.25, 0.3) is 0 Å². The zero-order valence-corrected chi connectivity index (χ0v) is 31.7. The van der Waals surface area contributed by atoms with E-state index in [0.717, 1.165) is 13.1 Å². The zero-order chi connectivity index (χ0) is 33.4. The van der Waals surface area contributed by atoms with Gasteiger partial charge in [0.1, 0.15) is 11.2 Å². The third-order valence-electron chi connectivity index (χ3n) is 3.90. The lowest BCUT2D eigenvalue weighted by atomic mass is 9.96. The van der Waals surface area contributed by atoms with E-state index in [2.05, 4.69) is 93.7 Å². The molecular weight excluding hydrogens is 540 g/mol. The molecule has 2 amide bonds. The number of halogens is 1. The highest BCUT2D eigenvalue weighted by Crippen LogP contribution is 2.16. The second-order valence-electron chi connectivity index (χ2n) is 17.2. The molecule has 0 bridgehead atoms. The maximum Gasteiger partial charge on any atom is 0.410 e. The van der Waals surface area contributed by atoms with Crippen LogP contribution >= 0.6 is 12.4 Å². The lowest BCUT2D eigenvalue weighted by molar-refractivity contribution is 0.0245. The van der Waals surface area contributed by atoms with Crippen molar-refractivity contribution in [2.75, 3.05) is 40.3 Å². The van der Waals surface area contributed by atoms with E-state index >= 15 is 0 Å². The number of rotatable bonds is 3. The SMILES string of the molecule is CC(C)(C)CN.CC(C)(C)CNC(=O)OC(C)(C)C.CN(CC(C)(C)C)C(=O)OC(C)(C)C.CNCC(C)(C)C.Cl. The van der Waals surface area contributed by atoms with Crippen molar-refractivity contribution in [2.45, 2.75) is 136 Å². The normalized spacial score (nSPS) is 12.0. The molecule has 0 aliphatic rings. The molecule has 9 heteroatoms. The highest BCUT2D eigenvalue weighted by molar-refractivity contribution is 5.85. The van der Waals surface area contributed by atoms with Crippen molar-refractivity contribution >= 4 is 24.6 Å². The summed E-state index contributed by atoms with van der Waals surface area (Å²) >= 11 is 0. The van der Waals surface area contributed by atoms with Crippen molar-refractivity contribution in [3.63, 3.8) is 0 Å². The van der Waals surface area contributed by atoms with Crippen LogP contribution < -0.4 is 16.4 Å². The number of nitrogens with zero attached hydrogens (tertiary/aromatic N) is 1. The molecule has 41 heavy (non-hydrogen) atoms. The van der Waals surface area contributed by atoms with E-state index in [-0.39, 0.29) is 35.4 Å². The van der Waals surface area contributed by atoms with Gasteiger partial charge in [-0.1, -0.05) is 83.1 Å². The van der Waals surface area contributed by atoms with Crippen molar-refractivity contribution in [3.05, 3.63) is 0 Å². The lowest BCUT2D eigenvalue weighted by Crippen LogP contribution is -2.38. The Balaban J connectivity index is -0.000000148. The highest BCUT2D eigenvalue weighted by atomic mass is 35.5. The number of hydrogen-bond acceptors (Lipinski definition) is 6. The molecule has 0 fully saturated rings. The minimum Gasteiger partial charge on any atom is -0.444 e. The second-order valence-corrected chi connectivity index (χ2v) is 17.2. The fraction of sp³-hybridized carbons (Fsp3) is 0.938. The van der Waals surface area contributed by atoms with Crippen LogP contribution in [0.15, 0.2) is 0 Å². The Hall–Kier alpha value is -1.25. The number of carbonyl (C=O) groups is 2. The topological polar surface area (TPSA) is 106 Å². The largest absolute Gasteiger partial charge is 0.444 e. The van der Waals surface area contributed by atoms with Gasteiger partial charge in [-0.15, -0.1) is 12.4 Å². The van der Waals surface area contributed by atoms with E-state index < -0.39 is 11.2 Å². The molecule has 0 radical (unpaired) electrons. The molecule has 8 nitrogen and oxygen atoms in total. The van der Waals surface area contributed by atoms with Gasteiger partial charge >= 0.3 is 12.2 Å². The fourth-order valence-electron chi connectivity index (χ4n) is 2.30. The van der Waals surface area contributed by atoms with Gasteiger partial charge in [0.15, 0.2) is 0 Å². The van der Waals surface area contributed by atoms with Gasteiger partial charge in [-0.05, 0) is 83.3 Å². The minimum atomic E-state index is -0.415. The molecule has 252 valence electrons. The predicted molar refractivity (Wildman–Crippen MR) is 181 cm³/mol. The molecule has 0 aliphatic carbocycles. The summed E-state index contributed by atoms with van der Waals surface area (Å²) in [5.74, 6) is 0. The van der Waals surface area contributed by atoms with Crippen LogP contribution in [0.25, 0.3) is 0 Å². The molecule has 0 atom stereocenters. The van der Waals surface area contributed by atoms with Gasteiger partial charge in [-0.25, -0.2) is 9.59 Å². The summed E-state index contributed by atoms with van der Waals surface area (Å²) in [5.41, 5.74) is 5.43. The summed E-state index contributed by atoms with van der Waals surface area (Å²) in [4.78, 5) is 24.3. The number of hydrogen-bond donors (Lipinski definition) is 3. The van der Waals surface area contributed by atoms with E-state index in [4.69, 9.17) is 15.2 Å². The number of amides is 2. The summed E-state index contributed by atoms with van der Waals surface area (Å²) < 4.78 is 10.3. The maximum atomic E-state index is 11.5. The van der Waals surface area contributed by atoms with Crippen LogP contribution in [0.1, 0.15) is 125 Å². The van der Waals surface area contributed by atoms with Crippen molar-refractivity contribution in [1.29, 1.82) is 0 Å². The van der Waals surface area contributed by atoms with Crippen molar-refractivity contribution in [1.82, 2.24) is 15.5 Å². The first-order valence-corrected chi connectivity index (χ1v) is 14.5. The smallest absolute Gasteiger partial charge is 0.410 e. The summed E-state index contributed by atoms with van der Waals surface area (Å²) in [6, 6.07) is 0. The summed E-state index contributed by atoms with van der Waals surface area (Å²) in [5, 5.41) is 5.83. The molecule has 0 saturated carbocycles. The van der Waals surface area contributed by atoms with Crippen LogP contribution in [0, 0.1) is 21.7 Å². The monoisotopic (exact) mass is 613 g/mol. The van der Waals surface area contributed by atoms with Crippen molar-refractivity contribution < 1.29 is 19.1 Å². The van der Waals surface area contributed by atoms with Crippen LogP contribution in [0.4, 0.5) is 9.59 Å². The third-order valence-corrected chi connectivity index (χ3v) is 3.90. The molecule has 0 rings (SSSR count). The number of nitrogens with two attached hydrogens (primary N) is 1. The predicted octanol–water partition coefficient (Wildman–Crippen LogP) is 8.12. The third kappa shape index (κ3) is 55.3. The van der Waals surface area contributed by atoms with Gasteiger partial charge < -0.3 is 30.7 Å². The van der Waals surface area contributed by atoms with E-state index in [1.807, 2.05) is 48.6 Å². The minimum absolute atomic E-state index is 0. The van der Waals surface area contributed by atoms with Gasteiger partial charge in [-0.3, -0.25) is 0 Å². The van der Waals surface area contributed by atoms with Crippen molar-refractivity contribution in [3.8, 4) is 0 Å². The molecule has 0 aromatic carbocycles. The van der Waals surface area contributed by atoms with E-state index in [0.29, 0.717) is 23.9 Å². The molecule has 0 heterocycles.